The van der Waals surface area contributed by atoms with Crippen LogP contribution in [0.3, 0.4) is 0 Å². The van der Waals surface area contributed by atoms with E-state index in [1.807, 2.05) is 17.0 Å². The molecule has 1 aromatic heterocycles. The number of rotatable bonds is 2. The van der Waals surface area contributed by atoms with Crippen molar-refractivity contribution in [1.82, 2.24) is 9.88 Å². The van der Waals surface area contributed by atoms with E-state index in [-0.39, 0.29) is 12.7 Å². The smallest absolute Gasteiger partial charge is 0.254 e. The van der Waals surface area contributed by atoms with Gasteiger partial charge in [0.15, 0.2) is 17.3 Å². The lowest BCUT2D eigenvalue weighted by Crippen LogP contribution is -2.55. The highest BCUT2D eigenvalue weighted by Gasteiger charge is 2.47. The van der Waals surface area contributed by atoms with Crippen LogP contribution in [-0.2, 0) is 0 Å². The molecule has 1 saturated heterocycles. The van der Waals surface area contributed by atoms with Crippen LogP contribution in [0.1, 0.15) is 42.5 Å². The average molecular weight is 419 g/mol. The molecule has 1 amide bonds. The predicted octanol–water partition coefficient (Wildman–Crippen LogP) is 3.27. The van der Waals surface area contributed by atoms with Crippen molar-refractivity contribution in [3.8, 4) is 11.5 Å². The summed E-state index contributed by atoms with van der Waals surface area (Å²) < 4.78 is 10.8. The maximum Gasteiger partial charge on any atom is 0.254 e. The fourth-order valence-electron chi connectivity index (χ4n) is 5.02. The predicted molar refractivity (Wildman–Crippen MR) is 117 cm³/mol. The molecule has 1 spiro atoms. The molecule has 0 bridgehead atoms. The van der Waals surface area contributed by atoms with Crippen molar-refractivity contribution in [1.29, 1.82) is 0 Å². The third kappa shape index (κ3) is 3.17. The van der Waals surface area contributed by atoms with Crippen LogP contribution in [0, 0.1) is 0 Å². The van der Waals surface area contributed by atoms with Gasteiger partial charge in [-0.3, -0.25) is 9.79 Å². The van der Waals surface area contributed by atoms with Crippen molar-refractivity contribution in [3.63, 3.8) is 0 Å². The number of hydrogen-bond donors (Lipinski definition) is 2. The summed E-state index contributed by atoms with van der Waals surface area (Å²) in [6, 6.07) is 9.66. The second-order valence-corrected chi connectivity index (χ2v) is 8.69. The van der Waals surface area contributed by atoms with Gasteiger partial charge in [-0.2, -0.15) is 0 Å². The molecule has 1 aromatic carbocycles. The number of amides is 1. The van der Waals surface area contributed by atoms with Crippen LogP contribution < -0.4 is 20.1 Å². The summed E-state index contributed by atoms with van der Waals surface area (Å²) in [5.74, 6) is 3.01. The Morgan fingerprint density at radius 2 is 2.06 bits per heavy atom. The van der Waals surface area contributed by atoms with Crippen LogP contribution in [0.15, 0.2) is 41.5 Å². The van der Waals surface area contributed by atoms with Crippen LogP contribution in [0.25, 0.3) is 0 Å². The summed E-state index contributed by atoms with van der Waals surface area (Å²) in [5, 5.41) is 7.17. The van der Waals surface area contributed by atoms with E-state index in [4.69, 9.17) is 14.5 Å². The van der Waals surface area contributed by atoms with Gasteiger partial charge in [-0.05, 0) is 49.6 Å². The zero-order valence-corrected chi connectivity index (χ0v) is 17.3. The zero-order chi connectivity index (χ0) is 20.8. The van der Waals surface area contributed by atoms with Crippen molar-refractivity contribution in [2.24, 2.45) is 4.99 Å². The van der Waals surface area contributed by atoms with Gasteiger partial charge in [0.2, 0.25) is 6.79 Å². The minimum atomic E-state index is -0.426. The third-order valence-electron chi connectivity index (χ3n) is 6.68. The van der Waals surface area contributed by atoms with Gasteiger partial charge >= 0.3 is 0 Å². The molecule has 8 heteroatoms. The van der Waals surface area contributed by atoms with Gasteiger partial charge in [0.25, 0.3) is 5.91 Å². The van der Waals surface area contributed by atoms with E-state index in [1.165, 1.54) is 12.8 Å². The first-order chi connectivity index (χ1) is 15.2. The molecule has 1 saturated carbocycles. The number of hydrogen-bond acceptors (Lipinski definition) is 6. The Kier molecular flexibility index (Phi) is 4.26. The van der Waals surface area contributed by atoms with E-state index in [2.05, 4.69) is 15.6 Å². The topological polar surface area (TPSA) is 88.1 Å². The lowest BCUT2D eigenvalue weighted by Gasteiger charge is -2.38. The summed E-state index contributed by atoms with van der Waals surface area (Å²) in [5.41, 5.74) is 1.14. The van der Waals surface area contributed by atoms with Gasteiger partial charge in [-0.15, -0.1) is 0 Å². The maximum atomic E-state index is 13.3. The van der Waals surface area contributed by atoms with Crippen molar-refractivity contribution >= 4 is 23.2 Å². The Bertz CT molecular complexity index is 1060. The maximum absolute atomic E-state index is 13.3. The number of likely N-dealkylation sites (tertiary alicyclic amines) is 1. The van der Waals surface area contributed by atoms with Crippen LogP contribution in [0.2, 0.25) is 0 Å². The molecule has 1 aliphatic carbocycles. The van der Waals surface area contributed by atoms with Crippen molar-refractivity contribution in [2.45, 2.75) is 43.7 Å². The number of amidine groups is 1. The van der Waals surface area contributed by atoms with E-state index in [0.29, 0.717) is 36.2 Å². The Balaban J connectivity index is 1.30. The summed E-state index contributed by atoms with van der Waals surface area (Å²) in [7, 11) is 0. The summed E-state index contributed by atoms with van der Waals surface area (Å²) in [6.45, 7) is 1.40. The summed E-state index contributed by atoms with van der Waals surface area (Å²) >= 11 is 0. The lowest BCUT2D eigenvalue weighted by molar-refractivity contribution is 0.0789. The molecule has 6 rings (SSSR count). The lowest BCUT2D eigenvalue weighted by atomic mass is 9.93. The molecule has 2 N–H and O–H groups in total. The fourth-order valence-corrected chi connectivity index (χ4v) is 5.02. The van der Waals surface area contributed by atoms with Crippen LogP contribution in [-0.4, -0.2) is 53.1 Å². The Morgan fingerprint density at radius 3 is 2.97 bits per heavy atom. The normalized spacial score (nSPS) is 25.5. The van der Waals surface area contributed by atoms with Gasteiger partial charge in [0, 0.05) is 18.3 Å². The molecule has 2 fully saturated rings. The molecule has 1 unspecified atom stereocenters. The average Bonchev–Trinajstić information content (AvgIpc) is 3.55. The Hall–Kier alpha value is -3.29. The number of ether oxygens (including phenoxy) is 2. The molecule has 0 radical (unpaired) electrons. The van der Waals surface area contributed by atoms with Gasteiger partial charge < -0.3 is 25.0 Å². The Morgan fingerprint density at radius 1 is 1.19 bits per heavy atom. The molecule has 4 aliphatic rings. The highest BCUT2D eigenvalue weighted by molar-refractivity contribution is 6.10. The largest absolute Gasteiger partial charge is 0.454 e. The van der Waals surface area contributed by atoms with Gasteiger partial charge in [0.1, 0.15) is 11.4 Å². The number of fused-ring (bicyclic) bond motifs is 2. The first-order valence-corrected chi connectivity index (χ1v) is 11.0. The SMILES string of the molecule is O=C(c1ccc2c(c1)OCO2)N1CCC2(C1)Nc1cccnc1NC2=NC1CCCC1. The first kappa shape index (κ1) is 18.5. The highest BCUT2D eigenvalue weighted by Crippen LogP contribution is 2.38. The molecule has 31 heavy (non-hydrogen) atoms. The molecule has 160 valence electrons. The number of nitrogens with zero attached hydrogens (tertiary/aromatic N) is 3. The van der Waals surface area contributed by atoms with E-state index in [0.717, 1.165) is 36.6 Å². The van der Waals surface area contributed by atoms with E-state index in [1.54, 1.807) is 24.4 Å². The number of aliphatic imine (C=N–C) groups is 1. The fraction of sp³-hybridized carbons (Fsp3) is 0.435. The number of carbonyl (C=O) groups is 1. The second-order valence-electron chi connectivity index (χ2n) is 8.69. The van der Waals surface area contributed by atoms with E-state index in [9.17, 15) is 4.79 Å². The monoisotopic (exact) mass is 419 g/mol. The number of nitrogens with one attached hydrogen (secondary N) is 2. The highest BCUT2D eigenvalue weighted by atomic mass is 16.7. The third-order valence-corrected chi connectivity index (χ3v) is 6.68. The van der Waals surface area contributed by atoms with E-state index < -0.39 is 5.54 Å². The number of aromatic nitrogens is 1. The molecule has 3 aliphatic heterocycles. The summed E-state index contributed by atoms with van der Waals surface area (Å²) in [4.78, 5) is 24.8. The quantitative estimate of drug-likeness (QED) is 0.777. The molecule has 4 heterocycles. The van der Waals surface area contributed by atoms with Crippen molar-refractivity contribution < 1.29 is 14.3 Å². The van der Waals surface area contributed by atoms with Gasteiger partial charge in [0.05, 0.1) is 18.3 Å². The second kappa shape index (κ2) is 7.14. The number of anilines is 2. The van der Waals surface area contributed by atoms with Crippen molar-refractivity contribution in [3.05, 3.63) is 42.1 Å². The number of benzene rings is 1. The standard InChI is InChI=1S/C23H25N5O3/c29-21(15-7-8-18-19(12-15)31-14-30-18)28-11-9-23(13-28)22(25-16-4-1-2-5-16)26-20-17(27-23)6-3-10-24-20/h3,6-8,10,12,16,27H,1-2,4-5,9,11,13-14H2,(H,24,25,26). The van der Waals surface area contributed by atoms with Crippen molar-refractivity contribution in [2.75, 3.05) is 30.5 Å². The zero-order valence-electron chi connectivity index (χ0n) is 17.3. The van der Waals surface area contributed by atoms with E-state index >= 15 is 0 Å². The minimum Gasteiger partial charge on any atom is -0.454 e. The molecule has 1 atom stereocenters. The number of pyridine rings is 1. The minimum absolute atomic E-state index is 0.00539. The molecule has 2 aromatic rings. The molecule has 8 nitrogen and oxygen atoms in total. The molecular weight excluding hydrogens is 394 g/mol. The molecular formula is C23H25N5O3. The van der Waals surface area contributed by atoms with Gasteiger partial charge in [-0.1, -0.05) is 12.8 Å². The van der Waals surface area contributed by atoms with Crippen LogP contribution in [0.4, 0.5) is 11.5 Å². The van der Waals surface area contributed by atoms with Gasteiger partial charge in [-0.25, -0.2) is 4.98 Å². The summed E-state index contributed by atoms with van der Waals surface area (Å²) in [6.07, 6.45) is 7.27. The first-order valence-electron chi connectivity index (χ1n) is 11.0. The Labute approximate surface area is 180 Å². The number of carbonyl (C=O) groups excluding carboxylic acids is 1. The van der Waals surface area contributed by atoms with Crippen LogP contribution in [0.5, 0.6) is 11.5 Å². The van der Waals surface area contributed by atoms with Crippen LogP contribution >= 0.6 is 0 Å².